The van der Waals surface area contributed by atoms with Crippen molar-refractivity contribution in [3.05, 3.63) is 0 Å². The minimum Gasteiger partial charge on any atom is -0.438 e. The third kappa shape index (κ3) is 1.73. The standard InChI is InChI=1S/C13H21NO3/c1-16-11(15)17-13-5-9-2-10(6-13)4-12(3-9,7-13)8-14/h9-10H,2-8,14H2,1H3. The quantitative estimate of drug-likeness (QED) is 0.749. The summed E-state index contributed by atoms with van der Waals surface area (Å²) in [5, 5.41) is 0. The van der Waals surface area contributed by atoms with Gasteiger partial charge in [0.05, 0.1) is 7.11 Å². The van der Waals surface area contributed by atoms with Gasteiger partial charge >= 0.3 is 6.16 Å². The molecular weight excluding hydrogens is 218 g/mol. The lowest BCUT2D eigenvalue weighted by atomic mass is 9.48. The first-order valence-electron chi connectivity index (χ1n) is 6.56. The fourth-order valence-corrected chi connectivity index (χ4v) is 4.94. The number of nitrogens with two attached hydrogens (primary N) is 1. The number of ether oxygens (including phenoxy) is 2. The molecule has 0 aromatic rings. The highest BCUT2D eigenvalue weighted by molar-refractivity contribution is 5.60. The smallest absolute Gasteiger partial charge is 0.438 e. The Labute approximate surface area is 102 Å². The van der Waals surface area contributed by atoms with Crippen molar-refractivity contribution in [2.45, 2.75) is 44.1 Å². The SMILES string of the molecule is COC(=O)OC12CC3CC(CC(CN)(C3)C1)C2. The van der Waals surface area contributed by atoms with Crippen molar-refractivity contribution in [2.75, 3.05) is 13.7 Å². The highest BCUT2D eigenvalue weighted by atomic mass is 16.7. The summed E-state index contributed by atoms with van der Waals surface area (Å²) in [5.41, 5.74) is 5.95. The van der Waals surface area contributed by atoms with Crippen LogP contribution in [0.25, 0.3) is 0 Å². The van der Waals surface area contributed by atoms with Gasteiger partial charge in [-0.15, -0.1) is 0 Å². The Bertz CT molecular complexity index is 328. The van der Waals surface area contributed by atoms with Crippen molar-refractivity contribution in [3.63, 3.8) is 0 Å². The van der Waals surface area contributed by atoms with Gasteiger partial charge in [-0.3, -0.25) is 0 Å². The first-order valence-corrected chi connectivity index (χ1v) is 6.56. The summed E-state index contributed by atoms with van der Waals surface area (Å²) in [6.07, 6.45) is 6.20. The van der Waals surface area contributed by atoms with E-state index in [0.717, 1.165) is 25.8 Å². The van der Waals surface area contributed by atoms with Crippen LogP contribution in [0.1, 0.15) is 38.5 Å². The predicted molar refractivity (Wildman–Crippen MR) is 62.4 cm³/mol. The van der Waals surface area contributed by atoms with Crippen molar-refractivity contribution >= 4 is 6.16 Å². The predicted octanol–water partition coefficient (Wildman–Crippen LogP) is 2.07. The molecule has 0 aromatic carbocycles. The van der Waals surface area contributed by atoms with E-state index in [-0.39, 0.29) is 11.0 Å². The zero-order valence-electron chi connectivity index (χ0n) is 10.4. The largest absolute Gasteiger partial charge is 0.508 e. The summed E-state index contributed by atoms with van der Waals surface area (Å²) in [4.78, 5) is 11.4. The first kappa shape index (κ1) is 11.3. The molecule has 4 heteroatoms. The van der Waals surface area contributed by atoms with E-state index in [1.165, 1.54) is 26.4 Å². The molecule has 0 radical (unpaired) electrons. The zero-order chi connectivity index (χ0) is 12.1. The molecule has 4 bridgehead atoms. The molecule has 2 atom stereocenters. The number of carbonyl (C=O) groups excluding carboxylic acids is 1. The summed E-state index contributed by atoms with van der Waals surface area (Å²) in [6.45, 7) is 0.728. The summed E-state index contributed by atoms with van der Waals surface area (Å²) in [7, 11) is 1.38. The van der Waals surface area contributed by atoms with Gasteiger partial charge in [-0.1, -0.05) is 0 Å². The highest BCUT2D eigenvalue weighted by Crippen LogP contribution is 2.62. The molecule has 96 valence electrons. The molecule has 2 N–H and O–H groups in total. The minimum absolute atomic E-state index is 0.234. The van der Waals surface area contributed by atoms with Crippen LogP contribution in [-0.2, 0) is 9.47 Å². The van der Waals surface area contributed by atoms with E-state index >= 15 is 0 Å². The maximum atomic E-state index is 11.4. The summed E-state index contributed by atoms with van der Waals surface area (Å²) in [5.74, 6) is 1.40. The van der Waals surface area contributed by atoms with Crippen LogP contribution in [0.4, 0.5) is 4.79 Å². The molecule has 4 saturated carbocycles. The van der Waals surface area contributed by atoms with Gasteiger partial charge in [-0.25, -0.2) is 4.79 Å². The molecule has 0 spiro atoms. The number of hydrogen-bond donors (Lipinski definition) is 1. The third-order valence-corrected chi connectivity index (χ3v) is 5.03. The number of methoxy groups -OCH3 is 1. The fraction of sp³-hybridized carbons (Fsp3) is 0.923. The summed E-state index contributed by atoms with van der Waals surface area (Å²) in [6, 6.07) is 0. The number of rotatable bonds is 2. The van der Waals surface area contributed by atoms with Gasteiger partial charge in [0.15, 0.2) is 0 Å². The van der Waals surface area contributed by atoms with E-state index in [0.29, 0.717) is 11.8 Å². The van der Waals surface area contributed by atoms with Crippen LogP contribution >= 0.6 is 0 Å². The maximum Gasteiger partial charge on any atom is 0.508 e. The van der Waals surface area contributed by atoms with Crippen LogP contribution < -0.4 is 5.73 Å². The number of carbonyl (C=O) groups is 1. The Morgan fingerprint density at radius 1 is 1.29 bits per heavy atom. The lowest BCUT2D eigenvalue weighted by Gasteiger charge is -2.60. The van der Waals surface area contributed by atoms with Crippen LogP contribution in [0.3, 0.4) is 0 Å². The molecule has 2 unspecified atom stereocenters. The summed E-state index contributed by atoms with van der Waals surface area (Å²) < 4.78 is 10.3. The molecule has 0 aliphatic heterocycles. The second-order valence-corrected chi connectivity index (χ2v) is 6.40. The average Bonchev–Trinajstić information content (AvgIpc) is 2.26. The Morgan fingerprint density at radius 2 is 1.94 bits per heavy atom. The molecule has 4 rings (SSSR count). The van der Waals surface area contributed by atoms with Gasteiger partial charge in [0, 0.05) is 0 Å². The van der Waals surface area contributed by atoms with E-state index in [2.05, 4.69) is 4.74 Å². The van der Waals surface area contributed by atoms with E-state index < -0.39 is 6.16 Å². The molecule has 0 amide bonds. The molecule has 0 saturated heterocycles. The number of hydrogen-bond acceptors (Lipinski definition) is 4. The second-order valence-electron chi connectivity index (χ2n) is 6.40. The Hall–Kier alpha value is -0.770. The zero-order valence-corrected chi connectivity index (χ0v) is 10.4. The average molecular weight is 239 g/mol. The monoisotopic (exact) mass is 239 g/mol. The molecule has 17 heavy (non-hydrogen) atoms. The molecule has 0 aromatic heterocycles. The van der Waals surface area contributed by atoms with Crippen LogP contribution in [0.5, 0.6) is 0 Å². The minimum atomic E-state index is -0.529. The lowest BCUT2D eigenvalue weighted by Crippen LogP contribution is -2.59. The molecule has 4 aliphatic rings. The molecule has 0 heterocycles. The molecule has 4 nitrogen and oxygen atoms in total. The van der Waals surface area contributed by atoms with Crippen molar-refractivity contribution in [3.8, 4) is 0 Å². The van der Waals surface area contributed by atoms with Crippen molar-refractivity contribution < 1.29 is 14.3 Å². The highest BCUT2D eigenvalue weighted by Gasteiger charge is 2.59. The molecule has 4 fully saturated rings. The Balaban J connectivity index is 1.84. The van der Waals surface area contributed by atoms with Gasteiger partial charge in [0.25, 0.3) is 0 Å². The van der Waals surface area contributed by atoms with E-state index in [4.69, 9.17) is 10.5 Å². The van der Waals surface area contributed by atoms with Crippen LogP contribution in [0, 0.1) is 17.3 Å². The van der Waals surface area contributed by atoms with E-state index in [1.807, 2.05) is 0 Å². The van der Waals surface area contributed by atoms with Crippen molar-refractivity contribution in [1.82, 2.24) is 0 Å². The molecular formula is C13H21NO3. The van der Waals surface area contributed by atoms with Gasteiger partial charge in [0.2, 0.25) is 0 Å². The third-order valence-electron chi connectivity index (χ3n) is 5.03. The summed E-state index contributed by atoms with van der Waals surface area (Å²) >= 11 is 0. The molecule has 4 aliphatic carbocycles. The van der Waals surface area contributed by atoms with Crippen molar-refractivity contribution in [1.29, 1.82) is 0 Å². The van der Waals surface area contributed by atoms with Crippen LogP contribution in [0.2, 0.25) is 0 Å². The maximum absolute atomic E-state index is 11.4. The van der Waals surface area contributed by atoms with Crippen LogP contribution in [0.15, 0.2) is 0 Å². The van der Waals surface area contributed by atoms with E-state index in [9.17, 15) is 4.79 Å². The normalized spacial score (nSPS) is 46.9. The van der Waals surface area contributed by atoms with Crippen LogP contribution in [-0.4, -0.2) is 25.4 Å². The van der Waals surface area contributed by atoms with Gasteiger partial charge in [-0.2, -0.15) is 0 Å². The van der Waals surface area contributed by atoms with Gasteiger partial charge in [0.1, 0.15) is 5.60 Å². The second kappa shape index (κ2) is 3.61. The lowest BCUT2D eigenvalue weighted by molar-refractivity contribution is -0.170. The van der Waals surface area contributed by atoms with Crippen molar-refractivity contribution in [2.24, 2.45) is 23.0 Å². The van der Waals surface area contributed by atoms with Gasteiger partial charge in [-0.05, 0) is 62.3 Å². The fourth-order valence-electron chi connectivity index (χ4n) is 4.94. The first-order chi connectivity index (χ1) is 8.09. The topological polar surface area (TPSA) is 61.5 Å². The van der Waals surface area contributed by atoms with Gasteiger partial charge < -0.3 is 15.2 Å². The Morgan fingerprint density at radius 3 is 2.47 bits per heavy atom. The Kier molecular flexibility index (Phi) is 2.41. The van der Waals surface area contributed by atoms with E-state index in [1.54, 1.807) is 0 Å².